The van der Waals surface area contributed by atoms with Gasteiger partial charge in [-0.05, 0) is 113 Å². The molecule has 2 aromatic heterocycles. The van der Waals surface area contributed by atoms with E-state index in [9.17, 15) is 0 Å². The molecule has 328 valence electrons. The highest BCUT2D eigenvalue weighted by Gasteiger charge is 2.59. The Labute approximate surface area is 409 Å². The molecule has 2 spiro atoms. The monoisotopic (exact) mass is 901 g/mol. The van der Waals surface area contributed by atoms with Gasteiger partial charge in [-0.3, -0.25) is 0 Å². The van der Waals surface area contributed by atoms with Crippen molar-refractivity contribution in [1.29, 1.82) is 0 Å². The molecule has 11 aromatic carbocycles. The number of benzene rings is 11. The third kappa shape index (κ3) is 5.00. The minimum absolute atomic E-state index is 0.565. The molecule has 0 amide bonds. The van der Waals surface area contributed by atoms with Crippen LogP contribution in [0.4, 0.5) is 0 Å². The summed E-state index contributed by atoms with van der Waals surface area (Å²) in [4.78, 5) is 16.3. The van der Waals surface area contributed by atoms with Crippen molar-refractivity contribution in [3.05, 3.63) is 281 Å². The summed E-state index contributed by atoms with van der Waals surface area (Å²) in [6.45, 7) is 0. The van der Waals surface area contributed by atoms with Gasteiger partial charge in [-0.1, -0.05) is 212 Å². The Balaban J connectivity index is 1.02. The molecular weight excluding hydrogens is 863 g/mol. The molecule has 71 heavy (non-hydrogen) atoms. The summed E-state index contributed by atoms with van der Waals surface area (Å²) >= 11 is 0. The number of hydrogen-bond acceptors (Lipinski definition) is 4. The van der Waals surface area contributed by atoms with E-state index < -0.39 is 10.8 Å². The Hall–Kier alpha value is -9.25. The zero-order chi connectivity index (χ0) is 46.4. The smallest absolute Gasteiger partial charge is 0.164 e. The van der Waals surface area contributed by atoms with Gasteiger partial charge in [0.2, 0.25) is 0 Å². The van der Waals surface area contributed by atoms with Gasteiger partial charge >= 0.3 is 0 Å². The zero-order valence-corrected chi connectivity index (χ0v) is 38.3. The molecule has 2 heterocycles. The van der Waals surface area contributed by atoms with Crippen LogP contribution < -0.4 is 0 Å². The average molecular weight is 902 g/mol. The molecule has 0 saturated carbocycles. The second-order valence-electron chi connectivity index (χ2n) is 19.3. The molecule has 3 aliphatic rings. The van der Waals surface area contributed by atoms with Crippen molar-refractivity contribution in [3.8, 4) is 56.4 Å². The van der Waals surface area contributed by atoms with Crippen LogP contribution in [0.15, 0.2) is 241 Å². The molecule has 0 N–H and O–H groups in total. The lowest BCUT2D eigenvalue weighted by atomic mass is 9.52. The first kappa shape index (κ1) is 38.7. The van der Waals surface area contributed by atoms with Crippen molar-refractivity contribution in [3.63, 3.8) is 0 Å². The lowest BCUT2D eigenvalue weighted by Crippen LogP contribution is -2.43. The van der Waals surface area contributed by atoms with Gasteiger partial charge in [0.15, 0.2) is 17.5 Å². The van der Waals surface area contributed by atoms with Gasteiger partial charge in [0.1, 0.15) is 11.2 Å². The maximum Gasteiger partial charge on any atom is 0.164 e. The van der Waals surface area contributed by atoms with Gasteiger partial charge in [-0.2, -0.15) is 0 Å². The van der Waals surface area contributed by atoms with Crippen molar-refractivity contribution in [2.24, 2.45) is 0 Å². The van der Waals surface area contributed by atoms with Crippen molar-refractivity contribution in [1.82, 2.24) is 15.0 Å². The molecule has 4 heteroatoms. The van der Waals surface area contributed by atoms with Crippen molar-refractivity contribution >= 4 is 43.5 Å². The maximum atomic E-state index is 6.81. The van der Waals surface area contributed by atoms with Crippen LogP contribution in [-0.2, 0) is 10.8 Å². The standard InChI is InChI=1S/C67H39N3O/c1-3-21-43-40(17-1)19-15-26-49(43)64-68-63(69-65(70-64)50-27-16-20-41-18-2-4-22-44(41)50)42-35-36-47-51-38-52-48-25-7-14-34-61(48)71-62(52)39-60(51)67(59(47)37-42)57-32-12-10-30-55(57)66(56-31-11-13-33-58(56)67)53-28-8-5-23-45(53)46-24-6-9-29-54(46)66/h1-39H. The molecule has 0 saturated heterocycles. The van der Waals surface area contributed by atoms with E-state index in [0.717, 1.165) is 60.2 Å². The van der Waals surface area contributed by atoms with Crippen LogP contribution in [0, 0.1) is 0 Å². The van der Waals surface area contributed by atoms with Crippen LogP contribution in [0.5, 0.6) is 0 Å². The highest BCUT2D eigenvalue weighted by molar-refractivity contribution is 6.09. The van der Waals surface area contributed by atoms with E-state index >= 15 is 0 Å². The summed E-state index contributed by atoms with van der Waals surface area (Å²) in [7, 11) is 0. The molecule has 0 unspecified atom stereocenters. The molecule has 4 nitrogen and oxygen atoms in total. The topological polar surface area (TPSA) is 51.8 Å². The number of fused-ring (bicyclic) bond motifs is 21. The summed E-state index contributed by atoms with van der Waals surface area (Å²) in [5.41, 5.74) is 18.3. The van der Waals surface area contributed by atoms with E-state index in [1.807, 2.05) is 0 Å². The second kappa shape index (κ2) is 14.2. The fourth-order valence-corrected chi connectivity index (χ4v) is 13.2. The van der Waals surface area contributed by atoms with Gasteiger partial charge in [0.25, 0.3) is 0 Å². The van der Waals surface area contributed by atoms with E-state index in [1.165, 1.54) is 66.8 Å². The lowest BCUT2D eigenvalue weighted by Gasteiger charge is -2.48. The Morgan fingerprint density at radius 1 is 0.254 bits per heavy atom. The van der Waals surface area contributed by atoms with E-state index in [1.54, 1.807) is 0 Å². The fraction of sp³-hybridized carbons (Fsp3) is 0.0299. The fourth-order valence-electron chi connectivity index (χ4n) is 13.2. The highest BCUT2D eigenvalue weighted by atomic mass is 16.3. The number of aromatic nitrogens is 3. The second-order valence-corrected chi connectivity index (χ2v) is 19.3. The van der Waals surface area contributed by atoms with Crippen LogP contribution in [0.3, 0.4) is 0 Å². The summed E-state index contributed by atoms with van der Waals surface area (Å²) in [5, 5.41) is 6.67. The van der Waals surface area contributed by atoms with Gasteiger partial charge < -0.3 is 4.42 Å². The van der Waals surface area contributed by atoms with Crippen LogP contribution >= 0.6 is 0 Å². The van der Waals surface area contributed by atoms with Gasteiger partial charge in [-0.25, -0.2) is 15.0 Å². The molecular formula is C67H39N3O. The first-order valence-electron chi connectivity index (χ1n) is 24.4. The van der Waals surface area contributed by atoms with Crippen LogP contribution in [-0.4, -0.2) is 15.0 Å². The van der Waals surface area contributed by atoms with Crippen LogP contribution in [0.1, 0.15) is 44.5 Å². The summed E-state index contributed by atoms with van der Waals surface area (Å²) in [5.74, 6) is 1.88. The normalized spacial score (nSPS) is 14.1. The lowest BCUT2D eigenvalue weighted by molar-refractivity contribution is 0.630. The predicted molar refractivity (Wildman–Crippen MR) is 287 cm³/mol. The molecule has 13 aromatic rings. The highest BCUT2D eigenvalue weighted by Crippen LogP contribution is 2.68. The van der Waals surface area contributed by atoms with Crippen LogP contribution in [0.25, 0.3) is 99.9 Å². The third-order valence-electron chi connectivity index (χ3n) is 16.0. The maximum absolute atomic E-state index is 6.81. The van der Waals surface area contributed by atoms with Crippen LogP contribution in [0.2, 0.25) is 0 Å². The Morgan fingerprint density at radius 3 is 1.27 bits per heavy atom. The molecule has 0 bridgehead atoms. The Kier molecular flexibility index (Phi) is 7.72. The predicted octanol–water partition coefficient (Wildman–Crippen LogP) is 16.1. The summed E-state index contributed by atoms with van der Waals surface area (Å²) < 4.78 is 6.81. The van der Waals surface area contributed by atoms with Crippen molar-refractivity contribution in [2.75, 3.05) is 0 Å². The summed E-state index contributed by atoms with van der Waals surface area (Å²) in [6, 6.07) is 86.4. The first-order valence-corrected chi connectivity index (χ1v) is 24.4. The van der Waals surface area contributed by atoms with E-state index in [2.05, 4.69) is 237 Å². The minimum atomic E-state index is -0.761. The van der Waals surface area contributed by atoms with Gasteiger partial charge in [0, 0.05) is 27.5 Å². The number of furan rings is 1. The SMILES string of the molecule is c1ccc2c(c1)-c1ccccc1C21c2ccccc2C2(c3cc(-c4nc(-c5cccc6ccccc56)nc(-c5cccc6ccccc56)n4)ccc3-c3cc4c(cc32)oc2ccccc24)c2ccccc21. The largest absolute Gasteiger partial charge is 0.456 e. The summed E-state index contributed by atoms with van der Waals surface area (Å²) in [6.07, 6.45) is 0. The molecule has 3 aliphatic carbocycles. The first-order chi connectivity index (χ1) is 35.2. The van der Waals surface area contributed by atoms with E-state index in [0.29, 0.717) is 17.5 Å². The molecule has 0 radical (unpaired) electrons. The zero-order valence-electron chi connectivity index (χ0n) is 38.3. The Morgan fingerprint density at radius 2 is 0.676 bits per heavy atom. The van der Waals surface area contributed by atoms with Crippen molar-refractivity contribution < 1.29 is 4.42 Å². The van der Waals surface area contributed by atoms with E-state index in [4.69, 9.17) is 19.4 Å². The number of rotatable bonds is 3. The molecule has 0 fully saturated rings. The van der Waals surface area contributed by atoms with E-state index in [-0.39, 0.29) is 0 Å². The third-order valence-corrected chi connectivity index (χ3v) is 16.0. The minimum Gasteiger partial charge on any atom is -0.456 e. The van der Waals surface area contributed by atoms with Gasteiger partial charge in [-0.15, -0.1) is 0 Å². The van der Waals surface area contributed by atoms with Gasteiger partial charge in [0.05, 0.1) is 10.8 Å². The molecule has 0 atom stereocenters. The van der Waals surface area contributed by atoms with Crippen molar-refractivity contribution in [2.45, 2.75) is 10.8 Å². The number of para-hydroxylation sites is 1. The Bertz CT molecular complexity index is 4240. The average Bonchev–Trinajstić information content (AvgIpc) is 4.06. The quantitative estimate of drug-likeness (QED) is 0.177. The number of nitrogens with zero attached hydrogens (tertiary/aromatic N) is 3. The number of hydrogen-bond donors (Lipinski definition) is 0. The molecule has 16 rings (SSSR count). The molecule has 0 aliphatic heterocycles.